The van der Waals surface area contributed by atoms with Gasteiger partial charge in [0.1, 0.15) is 5.82 Å². The second kappa shape index (κ2) is 7.70. The molecule has 1 N–H and O–H groups in total. The van der Waals surface area contributed by atoms with Crippen molar-refractivity contribution in [1.82, 2.24) is 15.3 Å². The molecule has 1 aromatic rings. The van der Waals surface area contributed by atoms with E-state index in [2.05, 4.69) is 19.2 Å². The first kappa shape index (κ1) is 15.4. The third-order valence-corrected chi connectivity index (χ3v) is 3.81. The number of nitrogens with zero attached hydrogens (tertiary/aromatic N) is 2. The van der Waals surface area contributed by atoms with Gasteiger partial charge >= 0.3 is 0 Å². The lowest BCUT2D eigenvalue weighted by atomic mass is 10.0. The zero-order valence-electron chi connectivity index (χ0n) is 13.0. The molecule has 0 bridgehead atoms. The van der Waals surface area contributed by atoms with E-state index in [0.29, 0.717) is 6.61 Å². The van der Waals surface area contributed by atoms with E-state index in [1.54, 1.807) is 7.11 Å². The Morgan fingerprint density at radius 2 is 1.75 bits per heavy atom. The summed E-state index contributed by atoms with van der Waals surface area (Å²) in [4.78, 5) is 9.46. The van der Waals surface area contributed by atoms with Gasteiger partial charge in [0.05, 0.1) is 6.61 Å². The molecule has 1 aliphatic carbocycles. The van der Waals surface area contributed by atoms with Crippen molar-refractivity contribution >= 4 is 0 Å². The first-order chi connectivity index (χ1) is 9.78. The molecular formula is C16H27N3O. The van der Waals surface area contributed by atoms with E-state index in [9.17, 15) is 0 Å². The van der Waals surface area contributed by atoms with Crippen molar-refractivity contribution in [3.8, 4) is 0 Å². The zero-order valence-corrected chi connectivity index (χ0v) is 13.0. The molecule has 0 aromatic carbocycles. The fourth-order valence-corrected chi connectivity index (χ4v) is 2.51. The van der Waals surface area contributed by atoms with Crippen LogP contribution in [0.2, 0.25) is 0 Å². The SMILES string of the molecule is CCc1nc(CCOC)nc(CC)c1CCNC1CC1. The van der Waals surface area contributed by atoms with E-state index < -0.39 is 0 Å². The van der Waals surface area contributed by atoms with Crippen LogP contribution in [-0.4, -0.2) is 36.3 Å². The number of aryl methyl sites for hydroxylation is 2. The van der Waals surface area contributed by atoms with Crippen molar-refractivity contribution in [2.75, 3.05) is 20.3 Å². The minimum absolute atomic E-state index is 0.689. The van der Waals surface area contributed by atoms with E-state index in [1.807, 2.05) is 0 Å². The van der Waals surface area contributed by atoms with Gasteiger partial charge in [0, 0.05) is 31.0 Å². The van der Waals surface area contributed by atoms with Crippen molar-refractivity contribution in [2.24, 2.45) is 0 Å². The van der Waals surface area contributed by atoms with E-state index in [1.165, 1.54) is 29.8 Å². The number of nitrogens with one attached hydrogen (secondary N) is 1. The molecule has 0 spiro atoms. The quantitative estimate of drug-likeness (QED) is 0.751. The standard InChI is InChI=1S/C16H27N3O/c1-4-14-13(8-10-17-12-6-7-12)15(5-2)19-16(18-14)9-11-20-3/h12,17H,4-11H2,1-3H3. The maximum absolute atomic E-state index is 5.13. The summed E-state index contributed by atoms with van der Waals surface area (Å²) < 4.78 is 5.13. The zero-order chi connectivity index (χ0) is 14.4. The Kier molecular flexibility index (Phi) is 5.92. The molecule has 1 fully saturated rings. The average Bonchev–Trinajstić information content (AvgIpc) is 3.29. The van der Waals surface area contributed by atoms with E-state index in [0.717, 1.165) is 44.1 Å². The summed E-state index contributed by atoms with van der Waals surface area (Å²) in [5.41, 5.74) is 3.81. The van der Waals surface area contributed by atoms with Gasteiger partial charge in [-0.15, -0.1) is 0 Å². The van der Waals surface area contributed by atoms with E-state index >= 15 is 0 Å². The number of rotatable bonds is 9. The van der Waals surface area contributed by atoms with Crippen LogP contribution in [0.3, 0.4) is 0 Å². The van der Waals surface area contributed by atoms with Gasteiger partial charge in [0.25, 0.3) is 0 Å². The lowest BCUT2D eigenvalue weighted by molar-refractivity contribution is 0.200. The minimum Gasteiger partial charge on any atom is -0.384 e. The summed E-state index contributed by atoms with van der Waals surface area (Å²) in [5, 5.41) is 3.58. The molecule has 20 heavy (non-hydrogen) atoms. The molecule has 2 rings (SSSR count). The predicted octanol–water partition coefficient (Wildman–Crippen LogP) is 2.08. The van der Waals surface area contributed by atoms with Crippen LogP contribution >= 0.6 is 0 Å². The molecule has 1 aliphatic rings. The smallest absolute Gasteiger partial charge is 0.131 e. The van der Waals surface area contributed by atoms with Crippen LogP contribution in [0.25, 0.3) is 0 Å². The van der Waals surface area contributed by atoms with Gasteiger partial charge in [-0.3, -0.25) is 0 Å². The Bertz CT molecular complexity index is 405. The molecule has 1 aromatic heterocycles. The molecular weight excluding hydrogens is 250 g/mol. The van der Waals surface area contributed by atoms with E-state index in [4.69, 9.17) is 14.7 Å². The Labute approximate surface area is 122 Å². The van der Waals surface area contributed by atoms with Crippen LogP contribution in [0.1, 0.15) is 49.5 Å². The third kappa shape index (κ3) is 4.25. The molecule has 0 aliphatic heterocycles. The molecule has 0 atom stereocenters. The van der Waals surface area contributed by atoms with Crippen LogP contribution in [0, 0.1) is 0 Å². The Morgan fingerprint density at radius 3 is 2.25 bits per heavy atom. The molecule has 0 radical (unpaired) electrons. The van der Waals surface area contributed by atoms with Crippen molar-refractivity contribution in [3.63, 3.8) is 0 Å². The number of hydrogen-bond acceptors (Lipinski definition) is 4. The first-order valence-electron chi connectivity index (χ1n) is 7.88. The van der Waals surface area contributed by atoms with Gasteiger partial charge in [-0.05, 0) is 44.2 Å². The van der Waals surface area contributed by atoms with Crippen LogP contribution in [0.4, 0.5) is 0 Å². The lowest BCUT2D eigenvalue weighted by Gasteiger charge is -2.14. The number of aromatic nitrogens is 2. The first-order valence-corrected chi connectivity index (χ1v) is 7.88. The summed E-state index contributed by atoms with van der Waals surface area (Å²) in [6.07, 6.45) is 6.49. The largest absolute Gasteiger partial charge is 0.384 e. The summed E-state index contributed by atoms with van der Waals surface area (Å²) in [6, 6.07) is 0.770. The van der Waals surface area contributed by atoms with Gasteiger partial charge in [0.15, 0.2) is 0 Å². The molecule has 4 nitrogen and oxygen atoms in total. The molecule has 1 saturated carbocycles. The van der Waals surface area contributed by atoms with Crippen molar-refractivity contribution in [2.45, 2.75) is 58.4 Å². The van der Waals surface area contributed by atoms with Crippen LogP contribution in [0.5, 0.6) is 0 Å². The van der Waals surface area contributed by atoms with Gasteiger partial charge in [0.2, 0.25) is 0 Å². The number of ether oxygens (including phenoxy) is 1. The van der Waals surface area contributed by atoms with Crippen molar-refractivity contribution in [1.29, 1.82) is 0 Å². The monoisotopic (exact) mass is 277 g/mol. The molecule has 4 heteroatoms. The molecule has 0 saturated heterocycles. The highest BCUT2D eigenvalue weighted by molar-refractivity contribution is 5.27. The fourth-order valence-electron chi connectivity index (χ4n) is 2.51. The second-order valence-corrected chi connectivity index (χ2v) is 5.44. The Hall–Kier alpha value is -1.00. The van der Waals surface area contributed by atoms with Gasteiger partial charge in [-0.1, -0.05) is 13.8 Å². The molecule has 0 unspecified atom stereocenters. The Balaban J connectivity index is 2.09. The Morgan fingerprint density at radius 1 is 1.10 bits per heavy atom. The molecule has 112 valence electrons. The third-order valence-electron chi connectivity index (χ3n) is 3.81. The van der Waals surface area contributed by atoms with Gasteiger partial charge < -0.3 is 10.1 Å². The molecule has 1 heterocycles. The average molecular weight is 277 g/mol. The van der Waals surface area contributed by atoms with Crippen molar-refractivity contribution in [3.05, 3.63) is 22.8 Å². The lowest BCUT2D eigenvalue weighted by Crippen LogP contribution is -2.21. The highest BCUT2D eigenvalue weighted by Crippen LogP contribution is 2.19. The normalized spacial score (nSPS) is 14.8. The fraction of sp³-hybridized carbons (Fsp3) is 0.750. The maximum atomic E-state index is 5.13. The summed E-state index contributed by atoms with van der Waals surface area (Å²) in [5.74, 6) is 0.930. The van der Waals surface area contributed by atoms with E-state index in [-0.39, 0.29) is 0 Å². The van der Waals surface area contributed by atoms with Crippen LogP contribution in [0.15, 0.2) is 0 Å². The highest BCUT2D eigenvalue weighted by Gasteiger charge is 2.20. The number of hydrogen-bond donors (Lipinski definition) is 1. The van der Waals surface area contributed by atoms with Gasteiger partial charge in [-0.25, -0.2) is 9.97 Å². The molecule has 0 amide bonds. The van der Waals surface area contributed by atoms with Crippen LogP contribution < -0.4 is 5.32 Å². The second-order valence-electron chi connectivity index (χ2n) is 5.44. The maximum Gasteiger partial charge on any atom is 0.131 e. The summed E-state index contributed by atoms with van der Waals surface area (Å²) in [7, 11) is 1.72. The summed E-state index contributed by atoms with van der Waals surface area (Å²) >= 11 is 0. The topological polar surface area (TPSA) is 47.0 Å². The summed E-state index contributed by atoms with van der Waals surface area (Å²) in [6.45, 7) is 6.10. The van der Waals surface area contributed by atoms with Crippen molar-refractivity contribution < 1.29 is 4.74 Å². The van der Waals surface area contributed by atoms with Crippen LogP contribution in [-0.2, 0) is 30.4 Å². The predicted molar refractivity (Wildman–Crippen MR) is 81.1 cm³/mol. The minimum atomic E-state index is 0.689. The number of methoxy groups -OCH3 is 1. The van der Waals surface area contributed by atoms with Gasteiger partial charge in [-0.2, -0.15) is 0 Å². The highest BCUT2D eigenvalue weighted by atomic mass is 16.5.